The summed E-state index contributed by atoms with van der Waals surface area (Å²) < 4.78 is 22.1. The first-order chi connectivity index (χ1) is 13.7. The van der Waals surface area contributed by atoms with Gasteiger partial charge in [0.25, 0.3) is 0 Å². The SMILES string of the molecule is COc1cc(C2C(C#N)=C(N)Oc3n[nH]c(-c4cccs4)c32)cc2c1OCO2. The molecule has 2 aromatic heterocycles. The van der Waals surface area contributed by atoms with E-state index in [0.29, 0.717) is 28.7 Å². The van der Waals surface area contributed by atoms with E-state index in [2.05, 4.69) is 16.3 Å². The second-order valence-corrected chi connectivity index (χ2v) is 7.12. The first-order valence-corrected chi connectivity index (χ1v) is 9.26. The largest absolute Gasteiger partial charge is 0.493 e. The Bertz CT molecular complexity index is 1140. The van der Waals surface area contributed by atoms with Crippen molar-refractivity contribution in [2.75, 3.05) is 13.9 Å². The van der Waals surface area contributed by atoms with Gasteiger partial charge in [-0.15, -0.1) is 16.4 Å². The fraction of sp³-hybridized carbons (Fsp3) is 0.158. The lowest BCUT2D eigenvalue weighted by atomic mass is 9.83. The molecule has 0 aliphatic carbocycles. The van der Waals surface area contributed by atoms with Crippen LogP contribution in [0.25, 0.3) is 10.6 Å². The van der Waals surface area contributed by atoms with Crippen LogP contribution in [-0.2, 0) is 0 Å². The van der Waals surface area contributed by atoms with E-state index in [-0.39, 0.29) is 12.7 Å². The third kappa shape index (κ3) is 2.32. The molecule has 3 N–H and O–H groups in total. The lowest BCUT2D eigenvalue weighted by molar-refractivity contribution is 0.171. The molecule has 0 spiro atoms. The number of fused-ring (bicyclic) bond motifs is 2. The Morgan fingerprint density at radius 2 is 2.29 bits per heavy atom. The molecule has 0 bridgehead atoms. The third-order valence-electron chi connectivity index (χ3n) is 4.72. The zero-order valence-electron chi connectivity index (χ0n) is 14.7. The number of thiophene rings is 1. The van der Waals surface area contributed by atoms with Gasteiger partial charge in [-0.3, -0.25) is 5.10 Å². The maximum Gasteiger partial charge on any atom is 0.244 e. The summed E-state index contributed by atoms with van der Waals surface area (Å²) in [6.45, 7) is 0.114. The van der Waals surface area contributed by atoms with Crippen LogP contribution in [0.5, 0.6) is 23.1 Å². The molecule has 8 nitrogen and oxygen atoms in total. The molecule has 140 valence electrons. The van der Waals surface area contributed by atoms with E-state index in [1.54, 1.807) is 18.4 Å². The quantitative estimate of drug-likeness (QED) is 0.701. The maximum atomic E-state index is 9.81. The normalized spacial score (nSPS) is 17.1. The van der Waals surface area contributed by atoms with Crippen molar-refractivity contribution >= 4 is 11.3 Å². The van der Waals surface area contributed by atoms with Gasteiger partial charge in [0.2, 0.25) is 24.3 Å². The van der Waals surface area contributed by atoms with Crippen molar-refractivity contribution in [2.24, 2.45) is 5.73 Å². The molecule has 9 heteroatoms. The fourth-order valence-electron chi connectivity index (χ4n) is 3.50. The van der Waals surface area contributed by atoms with Crippen LogP contribution in [-0.4, -0.2) is 24.1 Å². The van der Waals surface area contributed by atoms with Gasteiger partial charge < -0.3 is 24.7 Å². The van der Waals surface area contributed by atoms with Crippen molar-refractivity contribution in [3.63, 3.8) is 0 Å². The molecule has 0 saturated carbocycles. The van der Waals surface area contributed by atoms with Gasteiger partial charge in [-0.05, 0) is 29.1 Å². The number of hydrogen-bond donors (Lipinski definition) is 2. The van der Waals surface area contributed by atoms with Crippen molar-refractivity contribution in [3.8, 4) is 39.8 Å². The molecular weight excluding hydrogens is 380 g/mol. The van der Waals surface area contributed by atoms with Gasteiger partial charge in [-0.1, -0.05) is 6.07 Å². The topological polar surface area (TPSA) is 115 Å². The number of ether oxygens (including phenoxy) is 4. The highest BCUT2D eigenvalue weighted by Crippen LogP contribution is 2.50. The molecule has 1 unspecified atom stereocenters. The molecular formula is C19H14N4O4S. The standard InChI is InChI=1S/C19H14N4O4S/c1-24-11-5-9(6-12-17(11)26-8-25-12)14-10(7-20)18(21)27-19-15(14)16(22-23-19)13-3-2-4-28-13/h2-6,14H,8,21H2,1H3,(H,22,23). The minimum absolute atomic E-state index is 0.0286. The summed E-state index contributed by atoms with van der Waals surface area (Å²) in [5.74, 6) is 1.50. The fourth-order valence-corrected chi connectivity index (χ4v) is 4.24. The molecule has 5 rings (SSSR count). The van der Waals surface area contributed by atoms with Crippen LogP contribution >= 0.6 is 11.3 Å². The first kappa shape index (κ1) is 16.5. The molecule has 4 heterocycles. The van der Waals surface area contributed by atoms with Gasteiger partial charge in [-0.25, -0.2) is 0 Å². The predicted octanol–water partition coefficient (Wildman–Crippen LogP) is 3.09. The van der Waals surface area contributed by atoms with Crippen LogP contribution in [0.1, 0.15) is 17.0 Å². The molecule has 2 aliphatic rings. The van der Waals surface area contributed by atoms with Crippen LogP contribution in [0.15, 0.2) is 41.1 Å². The Morgan fingerprint density at radius 3 is 3.04 bits per heavy atom. The summed E-state index contributed by atoms with van der Waals surface area (Å²) >= 11 is 1.56. The molecule has 28 heavy (non-hydrogen) atoms. The Morgan fingerprint density at radius 1 is 1.39 bits per heavy atom. The minimum atomic E-state index is -0.493. The van der Waals surface area contributed by atoms with Gasteiger partial charge in [0.1, 0.15) is 11.6 Å². The van der Waals surface area contributed by atoms with Gasteiger partial charge >= 0.3 is 0 Å². The van der Waals surface area contributed by atoms with Gasteiger partial charge in [0.05, 0.1) is 29.2 Å². The van der Waals surface area contributed by atoms with Crippen molar-refractivity contribution < 1.29 is 18.9 Å². The number of allylic oxidation sites excluding steroid dienone is 1. The average molecular weight is 394 g/mol. The maximum absolute atomic E-state index is 9.81. The number of rotatable bonds is 3. The van der Waals surface area contributed by atoms with Gasteiger partial charge in [0.15, 0.2) is 11.5 Å². The molecule has 3 aromatic rings. The summed E-state index contributed by atoms with van der Waals surface area (Å²) in [6.07, 6.45) is 0. The molecule has 0 radical (unpaired) electrons. The second-order valence-electron chi connectivity index (χ2n) is 6.18. The summed E-state index contributed by atoms with van der Waals surface area (Å²) in [5, 5.41) is 19.1. The van der Waals surface area contributed by atoms with E-state index >= 15 is 0 Å². The van der Waals surface area contributed by atoms with Crippen LogP contribution < -0.4 is 24.7 Å². The molecule has 1 atom stereocenters. The van der Waals surface area contributed by atoms with Crippen LogP contribution in [0.4, 0.5) is 0 Å². The van der Waals surface area contributed by atoms with Gasteiger partial charge in [0, 0.05) is 0 Å². The van der Waals surface area contributed by atoms with Crippen LogP contribution in [0.3, 0.4) is 0 Å². The van der Waals surface area contributed by atoms with Crippen molar-refractivity contribution in [1.82, 2.24) is 10.2 Å². The Balaban J connectivity index is 1.75. The smallest absolute Gasteiger partial charge is 0.244 e. The highest BCUT2D eigenvalue weighted by molar-refractivity contribution is 7.13. The van der Waals surface area contributed by atoms with E-state index < -0.39 is 5.92 Å². The lowest BCUT2D eigenvalue weighted by Crippen LogP contribution is -2.21. The number of methoxy groups -OCH3 is 1. The predicted molar refractivity (Wildman–Crippen MR) is 100 cm³/mol. The van der Waals surface area contributed by atoms with Crippen molar-refractivity contribution in [3.05, 3.63) is 52.2 Å². The van der Waals surface area contributed by atoms with Crippen molar-refractivity contribution in [1.29, 1.82) is 5.26 Å². The van der Waals surface area contributed by atoms with E-state index in [1.807, 2.05) is 29.6 Å². The number of benzene rings is 1. The Kier molecular flexibility index (Phi) is 3.67. The number of nitrogens with zero attached hydrogens (tertiary/aromatic N) is 2. The average Bonchev–Trinajstić information content (AvgIpc) is 3.45. The zero-order valence-corrected chi connectivity index (χ0v) is 15.5. The van der Waals surface area contributed by atoms with E-state index in [4.69, 9.17) is 24.7 Å². The monoisotopic (exact) mass is 394 g/mol. The summed E-state index contributed by atoms with van der Waals surface area (Å²) in [5.41, 5.74) is 8.64. The molecule has 0 amide bonds. The molecule has 2 aliphatic heterocycles. The lowest BCUT2D eigenvalue weighted by Gasteiger charge is -2.24. The summed E-state index contributed by atoms with van der Waals surface area (Å²) in [4.78, 5) is 0.979. The van der Waals surface area contributed by atoms with Crippen LogP contribution in [0.2, 0.25) is 0 Å². The number of hydrogen-bond acceptors (Lipinski definition) is 8. The van der Waals surface area contributed by atoms with Crippen LogP contribution in [0, 0.1) is 11.3 Å². The highest BCUT2D eigenvalue weighted by Gasteiger charge is 2.37. The number of H-pyrrole nitrogens is 1. The second kappa shape index (κ2) is 6.21. The summed E-state index contributed by atoms with van der Waals surface area (Å²) in [6, 6.07) is 9.77. The van der Waals surface area contributed by atoms with Crippen molar-refractivity contribution in [2.45, 2.75) is 5.92 Å². The highest BCUT2D eigenvalue weighted by atomic mass is 32.1. The Hall–Kier alpha value is -3.64. The third-order valence-corrected chi connectivity index (χ3v) is 5.61. The molecule has 1 aromatic carbocycles. The Labute approximate surface area is 163 Å². The number of nitrogens with one attached hydrogen (secondary N) is 1. The number of nitriles is 1. The molecule has 0 fully saturated rings. The van der Waals surface area contributed by atoms with E-state index in [9.17, 15) is 5.26 Å². The number of nitrogens with two attached hydrogens (primary N) is 1. The minimum Gasteiger partial charge on any atom is -0.493 e. The molecule has 0 saturated heterocycles. The summed E-state index contributed by atoms with van der Waals surface area (Å²) in [7, 11) is 1.56. The van der Waals surface area contributed by atoms with E-state index in [1.165, 1.54) is 0 Å². The van der Waals surface area contributed by atoms with E-state index in [0.717, 1.165) is 21.7 Å². The number of aromatic nitrogens is 2. The number of aromatic amines is 1. The van der Waals surface area contributed by atoms with Gasteiger partial charge in [-0.2, -0.15) is 5.26 Å². The first-order valence-electron chi connectivity index (χ1n) is 8.38. The zero-order chi connectivity index (χ0) is 19.3.